The van der Waals surface area contributed by atoms with Gasteiger partial charge in [0.25, 0.3) is 5.95 Å². The molecule has 1 N–H and O–H groups in total. The highest BCUT2D eigenvalue weighted by Crippen LogP contribution is 2.19. The van der Waals surface area contributed by atoms with Gasteiger partial charge < -0.3 is 10.1 Å². The highest BCUT2D eigenvalue weighted by atomic mass is 19.1. The normalized spacial score (nSPS) is 24.1. The lowest BCUT2D eigenvalue weighted by Gasteiger charge is -2.35. The summed E-state index contributed by atoms with van der Waals surface area (Å²) < 4.78 is 18.7. The molecule has 0 unspecified atom stereocenters. The Hall–Kier alpha value is -1.67. The molecule has 0 radical (unpaired) electrons. The van der Waals surface area contributed by atoms with Crippen LogP contribution in [0.4, 0.5) is 4.39 Å². The summed E-state index contributed by atoms with van der Waals surface area (Å²) >= 11 is 0. The van der Waals surface area contributed by atoms with Crippen molar-refractivity contribution < 1.29 is 9.13 Å². The van der Waals surface area contributed by atoms with Crippen molar-refractivity contribution in [1.82, 2.24) is 10.3 Å². The van der Waals surface area contributed by atoms with Gasteiger partial charge in [-0.25, -0.2) is 4.98 Å². The second kappa shape index (κ2) is 3.83. The minimum atomic E-state index is -0.729. The monoisotopic (exact) mass is 207 g/mol. The first-order chi connectivity index (χ1) is 7.20. The topological polar surface area (TPSA) is 57.9 Å². The molecule has 2 rings (SSSR count). The number of aromatic nitrogens is 1. The SMILES string of the molecule is C[C@H]1NC[C@@H]1Oc1ccc(C#N)nc1F. The van der Waals surface area contributed by atoms with Gasteiger partial charge in [-0.1, -0.05) is 0 Å². The summed E-state index contributed by atoms with van der Waals surface area (Å²) in [6.07, 6.45) is -0.0192. The third kappa shape index (κ3) is 1.90. The molecule has 0 saturated carbocycles. The van der Waals surface area contributed by atoms with Gasteiger partial charge >= 0.3 is 0 Å². The van der Waals surface area contributed by atoms with Crippen LogP contribution < -0.4 is 10.1 Å². The summed E-state index contributed by atoms with van der Waals surface area (Å²) in [5.41, 5.74) is 0.0552. The predicted octanol–water partition coefficient (Wildman–Crippen LogP) is 0.831. The molecule has 1 aliphatic rings. The molecule has 1 aliphatic heterocycles. The van der Waals surface area contributed by atoms with Crippen molar-refractivity contribution in [2.45, 2.75) is 19.1 Å². The average molecular weight is 207 g/mol. The van der Waals surface area contributed by atoms with Crippen LogP contribution in [0.5, 0.6) is 5.75 Å². The molecule has 0 spiro atoms. The Kier molecular flexibility index (Phi) is 2.52. The van der Waals surface area contributed by atoms with Crippen LogP contribution in [0, 0.1) is 17.3 Å². The number of nitriles is 1. The summed E-state index contributed by atoms with van der Waals surface area (Å²) in [6, 6.07) is 4.86. The van der Waals surface area contributed by atoms with Crippen LogP contribution in [0.1, 0.15) is 12.6 Å². The van der Waals surface area contributed by atoms with E-state index in [1.807, 2.05) is 6.92 Å². The predicted molar refractivity (Wildman–Crippen MR) is 50.8 cm³/mol. The van der Waals surface area contributed by atoms with Gasteiger partial charge in [-0.2, -0.15) is 9.65 Å². The van der Waals surface area contributed by atoms with Gasteiger partial charge in [0.2, 0.25) is 0 Å². The minimum absolute atomic E-state index is 0.0192. The first-order valence-electron chi connectivity index (χ1n) is 4.67. The number of rotatable bonds is 2. The van der Waals surface area contributed by atoms with Crippen LogP contribution in [0.3, 0.4) is 0 Å². The van der Waals surface area contributed by atoms with E-state index in [-0.39, 0.29) is 23.6 Å². The molecule has 5 heteroatoms. The minimum Gasteiger partial charge on any atom is -0.483 e. The Morgan fingerprint density at radius 2 is 2.47 bits per heavy atom. The zero-order valence-electron chi connectivity index (χ0n) is 8.20. The number of nitrogens with zero attached hydrogens (tertiary/aromatic N) is 2. The molecule has 1 aromatic heterocycles. The fourth-order valence-corrected chi connectivity index (χ4v) is 1.33. The van der Waals surface area contributed by atoms with Crippen molar-refractivity contribution in [3.8, 4) is 11.8 Å². The molecule has 2 heterocycles. The summed E-state index contributed by atoms with van der Waals surface area (Å²) in [5, 5.41) is 11.6. The Bertz CT molecular complexity index is 416. The molecule has 15 heavy (non-hydrogen) atoms. The molecule has 4 nitrogen and oxygen atoms in total. The average Bonchev–Trinajstić information content (AvgIpc) is 2.25. The van der Waals surface area contributed by atoms with Gasteiger partial charge in [0.05, 0.1) is 0 Å². The summed E-state index contributed by atoms with van der Waals surface area (Å²) in [6.45, 7) is 2.67. The van der Waals surface area contributed by atoms with Crippen LogP contribution in [-0.4, -0.2) is 23.7 Å². The van der Waals surface area contributed by atoms with Gasteiger partial charge in [-0.05, 0) is 19.1 Å². The molecular weight excluding hydrogens is 197 g/mol. The molecule has 0 bridgehead atoms. The van der Waals surface area contributed by atoms with Crippen LogP contribution >= 0.6 is 0 Å². The van der Waals surface area contributed by atoms with Crippen molar-refractivity contribution in [2.75, 3.05) is 6.54 Å². The van der Waals surface area contributed by atoms with Gasteiger partial charge in [-0.3, -0.25) is 0 Å². The van der Waals surface area contributed by atoms with Crippen LogP contribution in [-0.2, 0) is 0 Å². The van der Waals surface area contributed by atoms with E-state index < -0.39 is 5.95 Å². The van der Waals surface area contributed by atoms with E-state index in [0.29, 0.717) is 6.54 Å². The van der Waals surface area contributed by atoms with E-state index in [9.17, 15) is 4.39 Å². The molecule has 2 atom stereocenters. The van der Waals surface area contributed by atoms with E-state index in [0.717, 1.165) is 0 Å². The maximum Gasteiger partial charge on any atom is 0.256 e. The van der Waals surface area contributed by atoms with Crippen LogP contribution in [0.2, 0.25) is 0 Å². The lowest BCUT2D eigenvalue weighted by molar-refractivity contribution is 0.0885. The zero-order valence-corrected chi connectivity index (χ0v) is 8.20. The van der Waals surface area contributed by atoms with Gasteiger partial charge in [-0.15, -0.1) is 0 Å². The Morgan fingerprint density at radius 3 is 2.93 bits per heavy atom. The quantitative estimate of drug-likeness (QED) is 0.730. The lowest BCUT2D eigenvalue weighted by Crippen LogP contribution is -2.58. The highest BCUT2D eigenvalue weighted by Gasteiger charge is 2.28. The Morgan fingerprint density at radius 1 is 1.67 bits per heavy atom. The van der Waals surface area contributed by atoms with Crippen molar-refractivity contribution >= 4 is 0 Å². The van der Waals surface area contributed by atoms with Gasteiger partial charge in [0, 0.05) is 12.6 Å². The molecule has 78 valence electrons. The standard InChI is InChI=1S/C10H10FN3O/c1-6-9(5-13-6)15-8-3-2-7(4-12)14-10(8)11/h2-3,6,9,13H,5H2,1H3/t6-,9+/m1/s1. The van der Waals surface area contributed by atoms with Crippen LogP contribution in [0.25, 0.3) is 0 Å². The van der Waals surface area contributed by atoms with E-state index in [4.69, 9.17) is 10.00 Å². The Balaban J connectivity index is 2.12. The molecule has 1 aromatic rings. The van der Waals surface area contributed by atoms with E-state index in [2.05, 4.69) is 10.3 Å². The number of halogens is 1. The highest BCUT2D eigenvalue weighted by molar-refractivity contribution is 5.28. The number of ether oxygens (including phenoxy) is 1. The van der Waals surface area contributed by atoms with Crippen molar-refractivity contribution in [3.05, 3.63) is 23.8 Å². The van der Waals surface area contributed by atoms with E-state index in [1.165, 1.54) is 12.1 Å². The fourth-order valence-electron chi connectivity index (χ4n) is 1.33. The Labute approximate surface area is 86.7 Å². The summed E-state index contributed by atoms with van der Waals surface area (Å²) in [4.78, 5) is 3.45. The first-order valence-corrected chi connectivity index (χ1v) is 4.67. The van der Waals surface area contributed by atoms with E-state index in [1.54, 1.807) is 6.07 Å². The number of hydrogen-bond donors (Lipinski definition) is 1. The second-order valence-corrected chi connectivity index (χ2v) is 3.45. The first kappa shape index (κ1) is 9.87. The lowest BCUT2D eigenvalue weighted by atomic mass is 10.1. The molecule has 0 amide bonds. The number of nitrogens with one attached hydrogen (secondary N) is 1. The summed E-state index contributed by atoms with van der Waals surface area (Å²) in [5.74, 6) is -0.625. The third-order valence-corrected chi connectivity index (χ3v) is 2.41. The van der Waals surface area contributed by atoms with Crippen molar-refractivity contribution in [2.24, 2.45) is 0 Å². The maximum absolute atomic E-state index is 13.3. The second-order valence-electron chi connectivity index (χ2n) is 3.45. The molecule has 1 saturated heterocycles. The molecule has 1 fully saturated rings. The van der Waals surface area contributed by atoms with Gasteiger partial charge in [0.15, 0.2) is 5.75 Å². The largest absolute Gasteiger partial charge is 0.483 e. The fraction of sp³-hybridized carbons (Fsp3) is 0.400. The molecular formula is C10H10FN3O. The zero-order chi connectivity index (χ0) is 10.8. The number of pyridine rings is 1. The third-order valence-electron chi connectivity index (χ3n) is 2.41. The molecule has 0 aliphatic carbocycles. The van der Waals surface area contributed by atoms with Crippen molar-refractivity contribution in [1.29, 1.82) is 5.26 Å². The smallest absolute Gasteiger partial charge is 0.256 e. The van der Waals surface area contributed by atoms with Gasteiger partial charge in [0.1, 0.15) is 17.9 Å². The maximum atomic E-state index is 13.3. The number of hydrogen-bond acceptors (Lipinski definition) is 4. The van der Waals surface area contributed by atoms with Crippen LogP contribution in [0.15, 0.2) is 12.1 Å². The van der Waals surface area contributed by atoms with E-state index >= 15 is 0 Å². The summed E-state index contributed by atoms with van der Waals surface area (Å²) in [7, 11) is 0. The molecule has 0 aromatic carbocycles. The van der Waals surface area contributed by atoms with Crippen molar-refractivity contribution in [3.63, 3.8) is 0 Å².